The van der Waals surface area contributed by atoms with Crippen LogP contribution in [0.4, 0.5) is 18.9 Å². The summed E-state index contributed by atoms with van der Waals surface area (Å²) in [7, 11) is 0. The van der Waals surface area contributed by atoms with E-state index in [0.29, 0.717) is 17.3 Å². The smallest absolute Gasteiger partial charge is 0.381 e. The third kappa shape index (κ3) is 3.91. The van der Waals surface area contributed by atoms with E-state index in [0.717, 1.165) is 28.8 Å². The van der Waals surface area contributed by atoms with Crippen LogP contribution in [0.3, 0.4) is 0 Å². The molecule has 0 aliphatic rings. The molecule has 0 radical (unpaired) electrons. The van der Waals surface area contributed by atoms with Gasteiger partial charge in [0.2, 0.25) is 0 Å². The molecule has 2 rings (SSSR count). The molecule has 0 aliphatic carbocycles. The SMILES string of the molecule is Cc1cc(Cl)ccc1CNc1cc(C(F)(F)F)ccc1C. The maximum Gasteiger partial charge on any atom is 0.416 e. The van der Waals surface area contributed by atoms with E-state index in [1.54, 1.807) is 13.0 Å². The van der Waals surface area contributed by atoms with Crippen molar-refractivity contribution in [2.75, 3.05) is 5.32 Å². The van der Waals surface area contributed by atoms with E-state index in [-0.39, 0.29) is 0 Å². The van der Waals surface area contributed by atoms with E-state index in [1.807, 2.05) is 19.1 Å². The highest BCUT2D eigenvalue weighted by Gasteiger charge is 2.30. The average Bonchev–Trinajstić information content (AvgIpc) is 2.38. The van der Waals surface area contributed by atoms with Crippen molar-refractivity contribution in [3.63, 3.8) is 0 Å². The van der Waals surface area contributed by atoms with E-state index in [2.05, 4.69) is 5.32 Å². The number of benzene rings is 2. The van der Waals surface area contributed by atoms with Gasteiger partial charge < -0.3 is 5.32 Å². The molecule has 0 fully saturated rings. The summed E-state index contributed by atoms with van der Waals surface area (Å²) in [5.74, 6) is 0. The van der Waals surface area contributed by atoms with Gasteiger partial charge in [-0.1, -0.05) is 23.7 Å². The average molecular weight is 314 g/mol. The largest absolute Gasteiger partial charge is 0.416 e. The van der Waals surface area contributed by atoms with Crippen molar-refractivity contribution in [1.82, 2.24) is 0 Å². The molecule has 0 saturated carbocycles. The van der Waals surface area contributed by atoms with Crippen LogP contribution in [-0.2, 0) is 12.7 Å². The van der Waals surface area contributed by atoms with Crippen molar-refractivity contribution in [2.24, 2.45) is 0 Å². The van der Waals surface area contributed by atoms with E-state index < -0.39 is 11.7 Å². The molecule has 5 heteroatoms. The second-order valence-corrected chi connectivity index (χ2v) is 5.39. The fourth-order valence-electron chi connectivity index (χ4n) is 2.04. The predicted molar refractivity (Wildman–Crippen MR) is 79.7 cm³/mol. The first-order valence-corrected chi connectivity index (χ1v) is 6.82. The first kappa shape index (κ1) is 15.7. The molecule has 0 bridgehead atoms. The third-order valence-electron chi connectivity index (χ3n) is 3.34. The van der Waals surface area contributed by atoms with Gasteiger partial charge in [-0.25, -0.2) is 0 Å². The lowest BCUT2D eigenvalue weighted by Crippen LogP contribution is -2.08. The van der Waals surface area contributed by atoms with Crippen molar-refractivity contribution in [3.05, 3.63) is 63.7 Å². The first-order chi connectivity index (χ1) is 9.77. The van der Waals surface area contributed by atoms with E-state index >= 15 is 0 Å². The Morgan fingerprint density at radius 2 is 1.71 bits per heavy atom. The first-order valence-electron chi connectivity index (χ1n) is 6.44. The van der Waals surface area contributed by atoms with Gasteiger partial charge in [-0.3, -0.25) is 0 Å². The summed E-state index contributed by atoms with van der Waals surface area (Å²) < 4.78 is 38.2. The lowest BCUT2D eigenvalue weighted by Gasteiger charge is -2.14. The molecule has 0 atom stereocenters. The quantitative estimate of drug-likeness (QED) is 0.779. The topological polar surface area (TPSA) is 12.0 Å². The molecule has 21 heavy (non-hydrogen) atoms. The maximum atomic E-state index is 12.7. The van der Waals surface area contributed by atoms with Crippen molar-refractivity contribution in [2.45, 2.75) is 26.6 Å². The summed E-state index contributed by atoms with van der Waals surface area (Å²) in [5.41, 5.74) is 2.60. The van der Waals surface area contributed by atoms with E-state index in [1.165, 1.54) is 6.07 Å². The van der Waals surface area contributed by atoms with Crippen molar-refractivity contribution in [1.29, 1.82) is 0 Å². The van der Waals surface area contributed by atoms with Crippen LogP contribution in [0, 0.1) is 13.8 Å². The van der Waals surface area contributed by atoms with Gasteiger partial charge in [0.1, 0.15) is 0 Å². The van der Waals surface area contributed by atoms with Crippen LogP contribution in [-0.4, -0.2) is 0 Å². The minimum absolute atomic E-state index is 0.450. The molecule has 0 spiro atoms. The number of halogens is 4. The lowest BCUT2D eigenvalue weighted by molar-refractivity contribution is -0.137. The molecule has 0 saturated heterocycles. The van der Waals surface area contributed by atoms with Gasteiger partial charge in [0, 0.05) is 17.3 Å². The number of alkyl halides is 3. The molecule has 1 N–H and O–H groups in total. The fraction of sp³-hybridized carbons (Fsp3) is 0.250. The van der Waals surface area contributed by atoms with Crippen molar-refractivity contribution >= 4 is 17.3 Å². The number of nitrogens with one attached hydrogen (secondary N) is 1. The molecule has 0 aromatic heterocycles. The number of hydrogen-bond acceptors (Lipinski definition) is 1. The van der Waals surface area contributed by atoms with Crippen molar-refractivity contribution < 1.29 is 13.2 Å². The molecule has 2 aromatic carbocycles. The molecular formula is C16H15ClF3N. The molecule has 1 nitrogen and oxygen atoms in total. The van der Waals surface area contributed by atoms with Crippen LogP contribution in [0.2, 0.25) is 5.02 Å². The van der Waals surface area contributed by atoms with Crippen LogP contribution in [0.15, 0.2) is 36.4 Å². The van der Waals surface area contributed by atoms with Crippen LogP contribution in [0.25, 0.3) is 0 Å². The second kappa shape index (κ2) is 5.98. The van der Waals surface area contributed by atoms with E-state index in [9.17, 15) is 13.2 Å². The zero-order chi connectivity index (χ0) is 15.6. The Balaban J connectivity index is 2.19. The van der Waals surface area contributed by atoms with Gasteiger partial charge >= 0.3 is 6.18 Å². The van der Waals surface area contributed by atoms with Gasteiger partial charge in [0.05, 0.1) is 5.56 Å². The summed E-state index contributed by atoms with van der Waals surface area (Å²) in [5, 5.41) is 3.70. The summed E-state index contributed by atoms with van der Waals surface area (Å²) >= 11 is 5.88. The molecule has 0 amide bonds. The number of rotatable bonds is 3. The maximum absolute atomic E-state index is 12.7. The summed E-state index contributed by atoms with van der Waals surface area (Å²) in [6.07, 6.45) is -4.33. The highest BCUT2D eigenvalue weighted by molar-refractivity contribution is 6.30. The Bertz CT molecular complexity index is 650. The highest BCUT2D eigenvalue weighted by atomic mass is 35.5. The molecule has 0 aliphatic heterocycles. The van der Waals surface area contributed by atoms with E-state index in [4.69, 9.17) is 11.6 Å². The minimum atomic E-state index is -4.33. The van der Waals surface area contributed by atoms with Gasteiger partial charge in [-0.15, -0.1) is 0 Å². The second-order valence-electron chi connectivity index (χ2n) is 4.95. The molecule has 2 aromatic rings. The highest BCUT2D eigenvalue weighted by Crippen LogP contribution is 2.32. The number of anilines is 1. The number of aryl methyl sites for hydroxylation is 2. The molecule has 0 unspecified atom stereocenters. The Morgan fingerprint density at radius 1 is 1.00 bits per heavy atom. The van der Waals surface area contributed by atoms with Gasteiger partial charge in [-0.05, 0) is 54.8 Å². The van der Waals surface area contributed by atoms with Crippen LogP contribution >= 0.6 is 11.6 Å². The third-order valence-corrected chi connectivity index (χ3v) is 3.57. The van der Waals surface area contributed by atoms with Crippen molar-refractivity contribution in [3.8, 4) is 0 Å². The van der Waals surface area contributed by atoms with Crippen LogP contribution < -0.4 is 5.32 Å². The predicted octanol–water partition coefficient (Wildman–Crippen LogP) is 5.59. The summed E-state index contributed by atoms with van der Waals surface area (Å²) in [4.78, 5) is 0. The fourth-order valence-corrected chi connectivity index (χ4v) is 2.26. The standard InChI is InChI=1S/C16H15ClF3N/c1-10-3-5-13(16(18,19)20)8-15(10)21-9-12-4-6-14(17)7-11(12)2/h3-8,21H,9H2,1-2H3. The van der Waals surface area contributed by atoms with Crippen LogP contribution in [0.1, 0.15) is 22.3 Å². The minimum Gasteiger partial charge on any atom is -0.381 e. The van der Waals surface area contributed by atoms with Gasteiger partial charge in [0.15, 0.2) is 0 Å². The summed E-state index contributed by atoms with van der Waals surface area (Å²) in [6.45, 7) is 4.14. The molecule has 0 heterocycles. The Kier molecular flexibility index (Phi) is 4.47. The van der Waals surface area contributed by atoms with Gasteiger partial charge in [-0.2, -0.15) is 13.2 Å². The molecule has 112 valence electrons. The Labute approximate surface area is 126 Å². The Hall–Kier alpha value is -1.68. The summed E-state index contributed by atoms with van der Waals surface area (Å²) in [6, 6.07) is 9.17. The van der Waals surface area contributed by atoms with Gasteiger partial charge in [0.25, 0.3) is 0 Å². The number of hydrogen-bond donors (Lipinski definition) is 1. The lowest BCUT2D eigenvalue weighted by atomic mass is 10.1. The molecular weight excluding hydrogens is 299 g/mol. The Morgan fingerprint density at radius 3 is 2.33 bits per heavy atom. The zero-order valence-electron chi connectivity index (χ0n) is 11.7. The van der Waals surface area contributed by atoms with Crippen LogP contribution in [0.5, 0.6) is 0 Å². The monoisotopic (exact) mass is 313 g/mol. The zero-order valence-corrected chi connectivity index (χ0v) is 12.4. The normalized spacial score (nSPS) is 11.5.